The SMILES string of the molecule is COC(=O)[C@@H]1C[C@@H](OC)CCN1C(=O)CCNC(=O)OC(C)(C)C. The summed E-state index contributed by atoms with van der Waals surface area (Å²) >= 11 is 0. The van der Waals surface area contributed by atoms with Crippen LogP contribution in [0.25, 0.3) is 0 Å². The van der Waals surface area contributed by atoms with Gasteiger partial charge in [-0.15, -0.1) is 0 Å². The predicted molar refractivity (Wildman–Crippen MR) is 86.4 cm³/mol. The maximum atomic E-state index is 12.4. The number of nitrogens with zero attached hydrogens (tertiary/aromatic N) is 1. The monoisotopic (exact) mass is 344 g/mol. The molecule has 1 fully saturated rings. The summed E-state index contributed by atoms with van der Waals surface area (Å²) in [7, 11) is 2.88. The molecule has 0 aromatic rings. The number of carbonyl (C=O) groups is 3. The van der Waals surface area contributed by atoms with Crippen LogP contribution in [0, 0.1) is 0 Å². The van der Waals surface area contributed by atoms with E-state index in [1.54, 1.807) is 27.9 Å². The van der Waals surface area contributed by atoms with Crippen molar-refractivity contribution in [2.24, 2.45) is 0 Å². The highest BCUT2D eigenvalue weighted by molar-refractivity contribution is 5.85. The Morgan fingerprint density at radius 1 is 1.21 bits per heavy atom. The van der Waals surface area contributed by atoms with Crippen molar-refractivity contribution in [3.8, 4) is 0 Å². The Bertz CT molecular complexity index is 460. The molecule has 1 rings (SSSR count). The van der Waals surface area contributed by atoms with Gasteiger partial charge in [0.05, 0.1) is 13.2 Å². The summed E-state index contributed by atoms with van der Waals surface area (Å²) in [5.41, 5.74) is -0.591. The summed E-state index contributed by atoms with van der Waals surface area (Å²) in [4.78, 5) is 37.4. The van der Waals surface area contributed by atoms with Crippen molar-refractivity contribution < 1.29 is 28.6 Å². The quantitative estimate of drug-likeness (QED) is 0.750. The number of hydrogen-bond acceptors (Lipinski definition) is 6. The maximum Gasteiger partial charge on any atom is 0.407 e. The molecule has 0 radical (unpaired) electrons. The minimum atomic E-state index is -0.650. The van der Waals surface area contributed by atoms with Gasteiger partial charge in [0, 0.05) is 33.0 Å². The van der Waals surface area contributed by atoms with E-state index in [9.17, 15) is 14.4 Å². The molecule has 1 aliphatic rings. The number of hydrogen-bond donors (Lipinski definition) is 1. The fraction of sp³-hybridized carbons (Fsp3) is 0.812. The molecular weight excluding hydrogens is 316 g/mol. The molecule has 8 nitrogen and oxygen atoms in total. The molecule has 0 aromatic carbocycles. The Balaban J connectivity index is 2.52. The molecule has 1 N–H and O–H groups in total. The lowest BCUT2D eigenvalue weighted by Crippen LogP contribution is -2.52. The topological polar surface area (TPSA) is 94.2 Å². The van der Waals surface area contributed by atoms with Crippen LogP contribution in [0.3, 0.4) is 0 Å². The number of rotatable bonds is 5. The van der Waals surface area contributed by atoms with Crippen LogP contribution in [-0.4, -0.2) is 67.9 Å². The Kier molecular flexibility index (Phi) is 7.47. The summed E-state index contributed by atoms with van der Waals surface area (Å²) in [6.45, 7) is 5.85. The number of methoxy groups -OCH3 is 2. The zero-order chi connectivity index (χ0) is 18.3. The van der Waals surface area contributed by atoms with Gasteiger partial charge in [-0.1, -0.05) is 0 Å². The lowest BCUT2D eigenvalue weighted by Gasteiger charge is -2.37. The Morgan fingerprint density at radius 3 is 2.42 bits per heavy atom. The second-order valence-electron chi connectivity index (χ2n) is 6.69. The zero-order valence-corrected chi connectivity index (χ0v) is 15.1. The minimum Gasteiger partial charge on any atom is -0.467 e. The van der Waals surface area contributed by atoms with Crippen LogP contribution in [0.2, 0.25) is 0 Å². The van der Waals surface area contributed by atoms with E-state index in [0.717, 1.165) is 0 Å². The molecular formula is C16H28N2O6. The molecule has 0 spiro atoms. The zero-order valence-electron chi connectivity index (χ0n) is 15.1. The lowest BCUT2D eigenvalue weighted by atomic mass is 9.98. The van der Waals surface area contributed by atoms with Crippen LogP contribution < -0.4 is 5.32 Å². The van der Waals surface area contributed by atoms with E-state index in [1.165, 1.54) is 12.0 Å². The number of esters is 1. The van der Waals surface area contributed by atoms with Crippen molar-refractivity contribution in [2.75, 3.05) is 27.3 Å². The first kappa shape index (κ1) is 20.2. The summed E-state index contributed by atoms with van der Waals surface area (Å²) in [6.07, 6.45) is 0.518. The molecule has 8 heteroatoms. The van der Waals surface area contributed by atoms with Crippen molar-refractivity contribution in [3.05, 3.63) is 0 Å². The van der Waals surface area contributed by atoms with Gasteiger partial charge >= 0.3 is 12.1 Å². The fourth-order valence-corrected chi connectivity index (χ4v) is 2.53. The molecule has 1 heterocycles. The Labute approximate surface area is 142 Å². The molecule has 2 amide bonds. The van der Waals surface area contributed by atoms with Gasteiger partial charge in [0.2, 0.25) is 5.91 Å². The van der Waals surface area contributed by atoms with Crippen molar-refractivity contribution >= 4 is 18.0 Å². The fourth-order valence-electron chi connectivity index (χ4n) is 2.53. The summed E-state index contributed by atoms with van der Waals surface area (Å²) in [6, 6.07) is -0.650. The largest absolute Gasteiger partial charge is 0.467 e. The van der Waals surface area contributed by atoms with E-state index in [0.29, 0.717) is 19.4 Å². The summed E-state index contributed by atoms with van der Waals surface area (Å²) < 4.78 is 15.2. The molecule has 2 atom stereocenters. The molecule has 0 unspecified atom stereocenters. The first-order valence-electron chi connectivity index (χ1n) is 8.05. The Morgan fingerprint density at radius 2 is 1.88 bits per heavy atom. The number of likely N-dealkylation sites (tertiary alicyclic amines) is 1. The average Bonchev–Trinajstić information content (AvgIpc) is 2.51. The smallest absolute Gasteiger partial charge is 0.407 e. The molecule has 0 aromatic heterocycles. The second-order valence-corrected chi connectivity index (χ2v) is 6.69. The van der Waals surface area contributed by atoms with E-state index in [4.69, 9.17) is 14.2 Å². The number of ether oxygens (including phenoxy) is 3. The van der Waals surface area contributed by atoms with Gasteiger partial charge in [-0.25, -0.2) is 9.59 Å². The third-order valence-corrected chi connectivity index (χ3v) is 3.69. The van der Waals surface area contributed by atoms with E-state index in [2.05, 4.69) is 5.32 Å². The van der Waals surface area contributed by atoms with Crippen LogP contribution in [-0.2, 0) is 23.8 Å². The number of carbonyl (C=O) groups excluding carboxylic acids is 3. The lowest BCUT2D eigenvalue weighted by molar-refractivity contribution is -0.157. The number of alkyl carbamates (subject to hydrolysis) is 1. The van der Waals surface area contributed by atoms with Crippen molar-refractivity contribution in [3.63, 3.8) is 0 Å². The van der Waals surface area contributed by atoms with Crippen LogP contribution in [0.1, 0.15) is 40.0 Å². The van der Waals surface area contributed by atoms with Crippen LogP contribution in [0.15, 0.2) is 0 Å². The highest BCUT2D eigenvalue weighted by Crippen LogP contribution is 2.21. The van der Waals surface area contributed by atoms with E-state index in [-0.39, 0.29) is 25.0 Å². The van der Waals surface area contributed by atoms with Crippen LogP contribution >= 0.6 is 0 Å². The molecule has 0 bridgehead atoms. The van der Waals surface area contributed by atoms with E-state index >= 15 is 0 Å². The highest BCUT2D eigenvalue weighted by atomic mass is 16.6. The molecule has 1 saturated heterocycles. The highest BCUT2D eigenvalue weighted by Gasteiger charge is 2.36. The summed E-state index contributed by atoms with van der Waals surface area (Å²) in [5.74, 6) is -0.666. The first-order chi connectivity index (χ1) is 11.2. The maximum absolute atomic E-state index is 12.4. The van der Waals surface area contributed by atoms with Gasteiger partial charge in [-0.3, -0.25) is 4.79 Å². The predicted octanol–water partition coefficient (Wildman–Crippen LogP) is 1.08. The van der Waals surface area contributed by atoms with Gasteiger partial charge in [-0.05, 0) is 27.2 Å². The average molecular weight is 344 g/mol. The molecule has 24 heavy (non-hydrogen) atoms. The van der Waals surface area contributed by atoms with E-state index < -0.39 is 23.7 Å². The second kappa shape index (κ2) is 8.86. The standard InChI is InChI=1S/C16H28N2O6/c1-16(2,3)24-15(21)17-8-6-13(19)18-9-7-11(22-4)10-12(18)14(20)23-5/h11-12H,6-10H2,1-5H3,(H,17,21)/t11-,12-/m0/s1. The van der Waals surface area contributed by atoms with Gasteiger partial charge in [0.25, 0.3) is 0 Å². The third-order valence-electron chi connectivity index (χ3n) is 3.69. The van der Waals surface area contributed by atoms with Crippen LogP contribution in [0.5, 0.6) is 0 Å². The first-order valence-corrected chi connectivity index (χ1v) is 8.05. The van der Waals surface area contributed by atoms with Crippen molar-refractivity contribution in [2.45, 2.75) is 57.8 Å². The van der Waals surface area contributed by atoms with Crippen LogP contribution in [0.4, 0.5) is 4.79 Å². The van der Waals surface area contributed by atoms with Gasteiger partial charge in [0.15, 0.2) is 0 Å². The normalized spacial score (nSPS) is 21.1. The Hall–Kier alpha value is -1.83. The van der Waals surface area contributed by atoms with E-state index in [1.807, 2.05) is 0 Å². The summed E-state index contributed by atoms with van der Waals surface area (Å²) in [5, 5.41) is 2.54. The van der Waals surface area contributed by atoms with Gasteiger partial charge in [0.1, 0.15) is 11.6 Å². The van der Waals surface area contributed by atoms with Gasteiger partial charge in [-0.2, -0.15) is 0 Å². The minimum absolute atomic E-state index is 0.0713. The molecule has 1 aliphatic heterocycles. The third kappa shape index (κ3) is 6.35. The molecule has 138 valence electrons. The van der Waals surface area contributed by atoms with Gasteiger partial charge < -0.3 is 24.4 Å². The molecule has 0 saturated carbocycles. The number of nitrogens with one attached hydrogen (secondary N) is 1. The van der Waals surface area contributed by atoms with Crippen molar-refractivity contribution in [1.29, 1.82) is 0 Å². The number of amides is 2. The number of piperidine rings is 1. The van der Waals surface area contributed by atoms with Crippen molar-refractivity contribution in [1.82, 2.24) is 10.2 Å². The molecule has 0 aliphatic carbocycles.